The molecule has 0 atom stereocenters. The Labute approximate surface area is 129 Å². The molecule has 0 unspecified atom stereocenters. The van der Waals surface area contributed by atoms with E-state index < -0.39 is 0 Å². The molecule has 1 amide bonds. The largest absolute Gasteiger partial charge is 0.356 e. The van der Waals surface area contributed by atoms with Crippen molar-refractivity contribution in [1.29, 1.82) is 0 Å². The lowest BCUT2D eigenvalue weighted by molar-refractivity contribution is -0.121. The predicted molar refractivity (Wildman–Crippen MR) is 83.7 cm³/mol. The highest BCUT2D eigenvalue weighted by Gasteiger charge is 2.09. The van der Waals surface area contributed by atoms with Crippen LogP contribution in [-0.4, -0.2) is 31.6 Å². The van der Waals surface area contributed by atoms with Gasteiger partial charge in [-0.25, -0.2) is 9.67 Å². The van der Waals surface area contributed by atoms with Crippen LogP contribution in [0.5, 0.6) is 0 Å². The number of fused-ring (bicyclic) bond motifs is 1. The third-order valence-corrected chi connectivity index (χ3v) is 3.50. The number of hydrogen-bond acceptors (Lipinski definition) is 4. The number of carbonyl (C=O) groups excluding carboxylic acids is 1. The lowest BCUT2D eigenvalue weighted by Crippen LogP contribution is -2.28. The molecule has 0 saturated heterocycles. The molecule has 0 saturated carbocycles. The molecule has 2 aromatic rings. The summed E-state index contributed by atoms with van der Waals surface area (Å²) in [5, 5.41) is 7.14. The molecule has 0 aromatic carbocycles. The van der Waals surface area contributed by atoms with Crippen LogP contribution in [0.2, 0.25) is 0 Å². The fourth-order valence-electron chi connectivity index (χ4n) is 2.24. The van der Waals surface area contributed by atoms with Crippen molar-refractivity contribution in [2.45, 2.75) is 46.6 Å². The van der Waals surface area contributed by atoms with E-state index in [2.05, 4.69) is 29.2 Å². The molecule has 7 nitrogen and oxygen atoms in total. The molecule has 0 spiro atoms. The van der Waals surface area contributed by atoms with Crippen LogP contribution in [0.15, 0.2) is 17.2 Å². The standard InChI is InChI=1S/C15H23N5O2/c1-11(2)6-7-16-13(21)5-4-9-20-15(22)14-17-8-10-19(14)12(3)18-20/h8,10-11H,4-7,9H2,1-3H3,(H,16,21). The molecule has 0 radical (unpaired) electrons. The van der Waals surface area contributed by atoms with Crippen molar-refractivity contribution in [3.63, 3.8) is 0 Å². The van der Waals surface area contributed by atoms with Gasteiger partial charge >= 0.3 is 5.56 Å². The first-order valence-electron chi connectivity index (χ1n) is 7.66. The van der Waals surface area contributed by atoms with E-state index in [1.54, 1.807) is 16.8 Å². The molecule has 0 aliphatic heterocycles. The minimum absolute atomic E-state index is 0.0207. The van der Waals surface area contributed by atoms with Crippen LogP contribution in [0.4, 0.5) is 0 Å². The SMILES string of the molecule is Cc1nn(CCCC(=O)NCCC(C)C)c(=O)c2nccn12. The molecule has 0 fully saturated rings. The average Bonchev–Trinajstić information content (AvgIpc) is 2.94. The Hall–Kier alpha value is -2.18. The molecule has 7 heteroatoms. The number of nitrogens with zero attached hydrogens (tertiary/aromatic N) is 4. The van der Waals surface area contributed by atoms with Gasteiger partial charge in [-0.2, -0.15) is 5.10 Å². The summed E-state index contributed by atoms with van der Waals surface area (Å²) in [5.41, 5.74) is 0.143. The Kier molecular flexibility index (Phi) is 5.30. The summed E-state index contributed by atoms with van der Waals surface area (Å²) in [6.07, 6.45) is 5.24. The lowest BCUT2D eigenvalue weighted by Gasteiger charge is -2.08. The predicted octanol–water partition coefficient (Wildman–Crippen LogP) is 1.14. The second-order valence-electron chi connectivity index (χ2n) is 5.83. The van der Waals surface area contributed by atoms with Crippen LogP contribution in [0.3, 0.4) is 0 Å². The van der Waals surface area contributed by atoms with Crippen LogP contribution in [0.25, 0.3) is 5.65 Å². The Morgan fingerprint density at radius 2 is 2.18 bits per heavy atom. The molecule has 2 heterocycles. The van der Waals surface area contributed by atoms with Crippen molar-refractivity contribution in [2.24, 2.45) is 5.92 Å². The second kappa shape index (κ2) is 7.20. The second-order valence-corrected chi connectivity index (χ2v) is 5.83. The Balaban J connectivity index is 1.88. The minimum atomic E-state index is -0.226. The summed E-state index contributed by atoms with van der Waals surface area (Å²) < 4.78 is 3.05. The first kappa shape index (κ1) is 16.2. The Bertz CT molecular complexity index is 702. The Morgan fingerprint density at radius 3 is 2.91 bits per heavy atom. The van der Waals surface area contributed by atoms with Gasteiger partial charge in [0.25, 0.3) is 0 Å². The summed E-state index contributed by atoms with van der Waals surface area (Å²) in [6, 6.07) is 0. The van der Waals surface area contributed by atoms with Crippen LogP contribution >= 0.6 is 0 Å². The van der Waals surface area contributed by atoms with Gasteiger partial charge < -0.3 is 5.32 Å². The maximum absolute atomic E-state index is 12.2. The molecule has 1 N–H and O–H groups in total. The fraction of sp³-hybridized carbons (Fsp3) is 0.600. The fourth-order valence-corrected chi connectivity index (χ4v) is 2.24. The number of amides is 1. The molecule has 0 aliphatic rings. The summed E-state index contributed by atoms with van der Waals surface area (Å²) in [5.74, 6) is 1.30. The highest BCUT2D eigenvalue weighted by atomic mass is 16.1. The zero-order chi connectivity index (χ0) is 16.1. The minimum Gasteiger partial charge on any atom is -0.356 e. The third kappa shape index (κ3) is 3.93. The molecule has 0 bridgehead atoms. The summed E-state index contributed by atoms with van der Waals surface area (Å²) in [6.45, 7) is 7.19. The van der Waals surface area contributed by atoms with Crippen molar-refractivity contribution in [2.75, 3.05) is 6.54 Å². The van der Waals surface area contributed by atoms with Gasteiger partial charge in [0, 0.05) is 31.9 Å². The molecular formula is C15H23N5O2. The van der Waals surface area contributed by atoms with Gasteiger partial charge in [0.1, 0.15) is 5.82 Å². The van der Waals surface area contributed by atoms with Gasteiger partial charge in [-0.05, 0) is 25.7 Å². The number of hydrogen-bond donors (Lipinski definition) is 1. The first-order chi connectivity index (χ1) is 10.5. The Morgan fingerprint density at radius 1 is 1.41 bits per heavy atom. The zero-order valence-corrected chi connectivity index (χ0v) is 13.4. The molecule has 2 rings (SSSR count). The van der Waals surface area contributed by atoms with Gasteiger partial charge in [-0.3, -0.25) is 14.0 Å². The molecule has 22 heavy (non-hydrogen) atoms. The summed E-state index contributed by atoms with van der Waals surface area (Å²) >= 11 is 0. The monoisotopic (exact) mass is 305 g/mol. The van der Waals surface area contributed by atoms with Crippen molar-refractivity contribution in [3.05, 3.63) is 28.6 Å². The van der Waals surface area contributed by atoms with Gasteiger partial charge in [0.15, 0.2) is 0 Å². The van der Waals surface area contributed by atoms with E-state index in [1.807, 2.05) is 6.92 Å². The van der Waals surface area contributed by atoms with Crippen molar-refractivity contribution < 1.29 is 4.79 Å². The number of carbonyl (C=O) groups is 1. The highest BCUT2D eigenvalue weighted by Crippen LogP contribution is 2.00. The average molecular weight is 305 g/mol. The van der Waals surface area contributed by atoms with E-state index in [4.69, 9.17) is 0 Å². The maximum Gasteiger partial charge on any atom is 0.310 e. The lowest BCUT2D eigenvalue weighted by atomic mass is 10.1. The quantitative estimate of drug-likeness (QED) is 0.832. The van der Waals surface area contributed by atoms with E-state index in [1.165, 1.54) is 4.68 Å². The number of nitrogens with one attached hydrogen (secondary N) is 1. The first-order valence-corrected chi connectivity index (χ1v) is 7.66. The van der Waals surface area contributed by atoms with Gasteiger partial charge in [0.2, 0.25) is 11.6 Å². The zero-order valence-electron chi connectivity index (χ0n) is 13.4. The topological polar surface area (TPSA) is 81.3 Å². The number of aromatic nitrogens is 4. The van der Waals surface area contributed by atoms with E-state index in [0.29, 0.717) is 43.3 Å². The normalized spacial score (nSPS) is 11.3. The number of aryl methyl sites for hydroxylation is 2. The van der Waals surface area contributed by atoms with Crippen molar-refractivity contribution >= 4 is 11.6 Å². The van der Waals surface area contributed by atoms with E-state index in [9.17, 15) is 9.59 Å². The molecule has 0 aliphatic carbocycles. The summed E-state index contributed by atoms with van der Waals surface area (Å²) in [7, 11) is 0. The van der Waals surface area contributed by atoms with Crippen molar-refractivity contribution in [1.82, 2.24) is 24.5 Å². The van der Waals surface area contributed by atoms with Crippen LogP contribution in [-0.2, 0) is 11.3 Å². The van der Waals surface area contributed by atoms with E-state index >= 15 is 0 Å². The van der Waals surface area contributed by atoms with Crippen LogP contribution in [0.1, 0.15) is 38.9 Å². The molecular weight excluding hydrogens is 282 g/mol. The van der Waals surface area contributed by atoms with E-state index in [0.717, 1.165) is 6.42 Å². The summed E-state index contributed by atoms with van der Waals surface area (Å²) in [4.78, 5) is 27.9. The third-order valence-electron chi connectivity index (χ3n) is 3.50. The number of imidazole rings is 1. The van der Waals surface area contributed by atoms with Gasteiger partial charge in [-0.1, -0.05) is 13.8 Å². The molecule has 120 valence electrons. The van der Waals surface area contributed by atoms with Crippen LogP contribution in [0, 0.1) is 12.8 Å². The number of rotatable bonds is 7. The van der Waals surface area contributed by atoms with Gasteiger partial charge in [0.05, 0.1) is 0 Å². The van der Waals surface area contributed by atoms with E-state index in [-0.39, 0.29) is 11.5 Å². The van der Waals surface area contributed by atoms with Crippen molar-refractivity contribution in [3.8, 4) is 0 Å². The van der Waals surface area contributed by atoms with Gasteiger partial charge in [-0.15, -0.1) is 0 Å². The highest BCUT2D eigenvalue weighted by molar-refractivity contribution is 5.75. The maximum atomic E-state index is 12.2. The molecule has 2 aromatic heterocycles. The smallest absolute Gasteiger partial charge is 0.310 e. The van der Waals surface area contributed by atoms with Crippen LogP contribution < -0.4 is 10.9 Å².